The summed E-state index contributed by atoms with van der Waals surface area (Å²) < 4.78 is 35.1. The van der Waals surface area contributed by atoms with Crippen molar-refractivity contribution in [2.24, 2.45) is 5.92 Å². The Balaban J connectivity index is 1.44. The molecule has 0 aliphatic carbocycles. The molecule has 2 saturated heterocycles. The van der Waals surface area contributed by atoms with Crippen LogP contribution in [-0.4, -0.2) is 37.7 Å². The molecule has 160 valence electrons. The minimum atomic E-state index is -3.66. The molecule has 2 aliphatic heterocycles. The van der Waals surface area contributed by atoms with Gasteiger partial charge in [0.2, 0.25) is 10.0 Å². The molecular formula is C23H27NO5S. The lowest BCUT2D eigenvalue weighted by molar-refractivity contribution is -0.137. The summed E-state index contributed by atoms with van der Waals surface area (Å²) in [7, 11) is -3.66. The van der Waals surface area contributed by atoms with Gasteiger partial charge in [-0.15, -0.1) is 0 Å². The first kappa shape index (κ1) is 21.0. The molecule has 4 atom stereocenters. The van der Waals surface area contributed by atoms with Gasteiger partial charge in [0, 0.05) is 12.3 Å². The Morgan fingerprint density at radius 3 is 2.67 bits per heavy atom. The van der Waals surface area contributed by atoms with Crippen molar-refractivity contribution in [3.63, 3.8) is 0 Å². The third kappa shape index (κ3) is 4.58. The normalized spacial score (nSPS) is 26.0. The fourth-order valence-electron chi connectivity index (χ4n) is 4.56. The van der Waals surface area contributed by atoms with Crippen LogP contribution in [0, 0.1) is 5.92 Å². The predicted molar refractivity (Wildman–Crippen MR) is 115 cm³/mol. The maximum atomic E-state index is 13.1. The lowest BCUT2D eigenvalue weighted by Crippen LogP contribution is -2.46. The monoisotopic (exact) mass is 429 g/mol. The largest absolute Gasteiger partial charge is 0.481 e. The number of benzene rings is 2. The zero-order valence-corrected chi connectivity index (χ0v) is 17.6. The average Bonchev–Trinajstić information content (AvgIpc) is 3.32. The first-order chi connectivity index (χ1) is 14.4. The quantitative estimate of drug-likeness (QED) is 0.466. The molecule has 2 heterocycles. The van der Waals surface area contributed by atoms with E-state index in [0.717, 1.165) is 30.0 Å². The molecule has 6 nitrogen and oxygen atoms in total. The lowest BCUT2D eigenvalue weighted by Gasteiger charge is -2.28. The molecule has 0 amide bonds. The Bertz CT molecular complexity index is 1050. The number of aliphatic carboxylic acids is 1. The van der Waals surface area contributed by atoms with Crippen LogP contribution in [0.3, 0.4) is 0 Å². The van der Waals surface area contributed by atoms with Gasteiger partial charge in [-0.05, 0) is 55.0 Å². The van der Waals surface area contributed by atoms with E-state index >= 15 is 0 Å². The van der Waals surface area contributed by atoms with Crippen LogP contribution in [-0.2, 0) is 19.6 Å². The number of nitrogens with one attached hydrogen (secondary N) is 1. The van der Waals surface area contributed by atoms with E-state index in [1.54, 1.807) is 12.1 Å². The molecule has 4 unspecified atom stereocenters. The molecule has 0 saturated carbocycles. The second kappa shape index (κ2) is 8.88. The smallest absolute Gasteiger partial charge is 0.303 e. The van der Waals surface area contributed by atoms with E-state index in [2.05, 4.69) is 4.72 Å². The first-order valence-corrected chi connectivity index (χ1v) is 12.0. The number of fused-ring (bicyclic) bond motifs is 3. The lowest BCUT2D eigenvalue weighted by atomic mass is 9.83. The molecule has 4 rings (SSSR count). The van der Waals surface area contributed by atoms with E-state index in [1.807, 2.05) is 42.5 Å². The molecule has 7 heteroatoms. The maximum Gasteiger partial charge on any atom is 0.303 e. The van der Waals surface area contributed by atoms with E-state index in [4.69, 9.17) is 9.84 Å². The molecule has 2 bridgehead atoms. The average molecular weight is 430 g/mol. The predicted octanol–water partition coefficient (Wildman–Crippen LogP) is 3.87. The van der Waals surface area contributed by atoms with Crippen LogP contribution in [0.4, 0.5) is 0 Å². The van der Waals surface area contributed by atoms with Gasteiger partial charge in [0.1, 0.15) is 0 Å². The molecule has 30 heavy (non-hydrogen) atoms. The number of ether oxygens (including phenoxy) is 1. The van der Waals surface area contributed by atoms with Crippen LogP contribution in [0.25, 0.3) is 10.8 Å². The van der Waals surface area contributed by atoms with Crippen molar-refractivity contribution in [1.29, 1.82) is 0 Å². The van der Waals surface area contributed by atoms with E-state index in [1.165, 1.54) is 0 Å². The number of rotatable bonds is 9. The van der Waals surface area contributed by atoms with Gasteiger partial charge in [0.15, 0.2) is 0 Å². The molecule has 0 spiro atoms. The molecular weight excluding hydrogens is 402 g/mol. The summed E-state index contributed by atoms with van der Waals surface area (Å²) in [4.78, 5) is 10.9. The molecule has 2 aromatic rings. The Kier molecular flexibility index (Phi) is 6.22. The van der Waals surface area contributed by atoms with Crippen molar-refractivity contribution in [3.05, 3.63) is 54.6 Å². The Labute approximate surface area is 177 Å². The van der Waals surface area contributed by atoms with Crippen molar-refractivity contribution in [2.45, 2.75) is 61.7 Å². The highest BCUT2D eigenvalue weighted by Crippen LogP contribution is 2.41. The van der Waals surface area contributed by atoms with Crippen LogP contribution in [0.5, 0.6) is 0 Å². The molecule has 0 radical (unpaired) electrons. The van der Waals surface area contributed by atoms with Gasteiger partial charge in [0.05, 0.1) is 23.1 Å². The zero-order chi connectivity index (χ0) is 21.1. The SMILES string of the molecule is O=C(O)CCCC=CCC1C2CCC(O2)C1NS(=O)(=O)c1ccc2ccccc2c1. The number of hydrogen-bond acceptors (Lipinski definition) is 4. The number of unbranched alkanes of at least 4 members (excludes halogenated alkanes) is 1. The van der Waals surface area contributed by atoms with Gasteiger partial charge in [0.25, 0.3) is 0 Å². The summed E-state index contributed by atoms with van der Waals surface area (Å²) in [5, 5.41) is 10.6. The maximum absolute atomic E-state index is 13.1. The van der Waals surface area contributed by atoms with Gasteiger partial charge in [-0.25, -0.2) is 13.1 Å². The highest BCUT2D eigenvalue weighted by molar-refractivity contribution is 7.89. The van der Waals surface area contributed by atoms with Gasteiger partial charge in [-0.2, -0.15) is 0 Å². The highest BCUT2D eigenvalue weighted by atomic mass is 32.2. The van der Waals surface area contributed by atoms with Crippen LogP contribution in [0.2, 0.25) is 0 Å². The van der Waals surface area contributed by atoms with Crippen LogP contribution in [0.15, 0.2) is 59.5 Å². The summed E-state index contributed by atoms with van der Waals surface area (Å²) in [6.45, 7) is 0. The number of carboxylic acids is 1. The fourth-order valence-corrected chi connectivity index (χ4v) is 5.91. The number of carbonyl (C=O) groups is 1. The Morgan fingerprint density at radius 2 is 1.87 bits per heavy atom. The van der Waals surface area contributed by atoms with Crippen LogP contribution < -0.4 is 4.72 Å². The summed E-state index contributed by atoms with van der Waals surface area (Å²) in [5.74, 6) is -0.692. The van der Waals surface area contributed by atoms with Crippen molar-refractivity contribution < 1.29 is 23.1 Å². The van der Waals surface area contributed by atoms with Crippen molar-refractivity contribution in [3.8, 4) is 0 Å². The van der Waals surface area contributed by atoms with Gasteiger partial charge in [-0.3, -0.25) is 4.79 Å². The van der Waals surface area contributed by atoms with E-state index < -0.39 is 16.0 Å². The van der Waals surface area contributed by atoms with E-state index in [9.17, 15) is 13.2 Å². The number of carboxylic acid groups (broad SMARTS) is 1. The third-order valence-electron chi connectivity index (χ3n) is 6.08. The molecule has 0 aromatic heterocycles. The summed E-state index contributed by atoms with van der Waals surface area (Å²) >= 11 is 0. The second-order valence-electron chi connectivity index (χ2n) is 8.10. The number of allylic oxidation sites excluding steroid dienone is 2. The Hall–Kier alpha value is -2.22. The summed E-state index contributed by atoms with van der Waals surface area (Å²) in [5.41, 5.74) is 0. The third-order valence-corrected chi connectivity index (χ3v) is 7.54. The number of sulfonamides is 1. The summed E-state index contributed by atoms with van der Waals surface area (Å²) in [6.07, 6.45) is 8.04. The first-order valence-electron chi connectivity index (χ1n) is 10.5. The standard InChI is InChI=1S/C23H27NO5S/c25-22(26)10-4-2-1-3-9-19-20-13-14-21(29-20)23(19)24-30(27,28)18-12-11-16-7-5-6-8-17(16)15-18/h1,3,5-8,11-12,15,19-21,23-24H,2,4,9-10,13-14H2,(H,25,26). The van der Waals surface area contributed by atoms with Crippen LogP contribution >= 0.6 is 0 Å². The molecule has 2 fully saturated rings. The van der Waals surface area contributed by atoms with Gasteiger partial charge >= 0.3 is 5.97 Å². The summed E-state index contributed by atoms with van der Waals surface area (Å²) in [6, 6.07) is 12.6. The molecule has 2 aliphatic rings. The minimum absolute atomic E-state index is 0.0722. The Morgan fingerprint density at radius 1 is 1.10 bits per heavy atom. The van der Waals surface area contributed by atoms with Crippen molar-refractivity contribution in [2.75, 3.05) is 0 Å². The van der Waals surface area contributed by atoms with Crippen molar-refractivity contribution in [1.82, 2.24) is 4.72 Å². The van der Waals surface area contributed by atoms with Crippen molar-refractivity contribution >= 4 is 26.8 Å². The van der Waals surface area contributed by atoms with Gasteiger partial charge in [-0.1, -0.05) is 42.5 Å². The second-order valence-corrected chi connectivity index (χ2v) is 9.82. The topological polar surface area (TPSA) is 92.7 Å². The van der Waals surface area contributed by atoms with E-state index in [-0.39, 0.29) is 35.5 Å². The number of hydrogen-bond donors (Lipinski definition) is 2. The van der Waals surface area contributed by atoms with E-state index in [0.29, 0.717) is 12.8 Å². The molecule has 2 N–H and O–H groups in total. The van der Waals surface area contributed by atoms with Crippen LogP contribution in [0.1, 0.15) is 38.5 Å². The van der Waals surface area contributed by atoms with Gasteiger partial charge < -0.3 is 9.84 Å². The minimum Gasteiger partial charge on any atom is -0.481 e. The molecule has 2 aromatic carbocycles. The fraction of sp³-hybridized carbons (Fsp3) is 0.435. The highest BCUT2D eigenvalue weighted by Gasteiger charge is 2.49. The zero-order valence-electron chi connectivity index (χ0n) is 16.7.